The summed E-state index contributed by atoms with van der Waals surface area (Å²) in [5.74, 6) is -0.0824. The average Bonchev–Trinajstić information content (AvgIpc) is 3.16. The zero-order chi connectivity index (χ0) is 24.2. The number of benzene rings is 1. The normalized spacial score (nSPS) is 14.7. The second-order valence-corrected chi connectivity index (χ2v) is 9.21. The number of hydrogen-bond acceptors (Lipinski definition) is 5. The van der Waals surface area contributed by atoms with E-state index in [2.05, 4.69) is 22.5 Å². The number of carbonyl (C=O) groups is 2. The first kappa shape index (κ1) is 24.0. The molecule has 0 unspecified atom stereocenters. The molecule has 0 bridgehead atoms. The summed E-state index contributed by atoms with van der Waals surface area (Å²) < 4.78 is 0. The maximum atomic E-state index is 12.9. The van der Waals surface area contributed by atoms with Gasteiger partial charge in [0.25, 0.3) is 0 Å². The van der Waals surface area contributed by atoms with Crippen molar-refractivity contribution in [2.45, 2.75) is 34.1 Å². The fraction of sp³-hybridized carbons (Fsp3) is 0.385. The highest BCUT2D eigenvalue weighted by atomic mass is 16.2. The minimum atomic E-state index is -0.510. The number of aryl methyl sites for hydroxylation is 1. The Morgan fingerprint density at radius 3 is 2.55 bits per heavy atom. The summed E-state index contributed by atoms with van der Waals surface area (Å²) in [5, 5.41) is 8.75. The molecule has 1 amide bonds. The Morgan fingerprint density at radius 2 is 1.94 bits per heavy atom. The number of carbonyl (C=O) groups excluding carboxylic acids is 2. The van der Waals surface area contributed by atoms with Gasteiger partial charge in [0, 0.05) is 54.7 Å². The highest BCUT2D eigenvalue weighted by molar-refractivity contribution is 6.12. The van der Waals surface area contributed by atoms with Crippen LogP contribution in [0.25, 0.3) is 0 Å². The quantitative estimate of drug-likeness (QED) is 0.526. The molecule has 1 N–H and O–H groups in total. The largest absolute Gasteiger partial charge is 0.368 e. The molecular weight excluding hydrogens is 414 g/mol. The van der Waals surface area contributed by atoms with Gasteiger partial charge in [-0.15, -0.1) is 0 Å². The number of aromatic nitrogens is 1. The third kappa shape index (κ3) is 5.40. The molecule has 0 aliphatic carbocycles. The van der Waals surface area contributed by atoms with Crippen LogP contribution in [0.1, 0.15) is 48.8 Å². The van der Waals surface area contributed by atoms with E-state index in [1.807, 2.05) is 52.0 Å². The zero-order valence-corrected chi connectivity index (χ0v) is 19.8. The third-order valence-electron chi connectivity index (χ3n) is 5.76. The van der Waals surface area contributed by atoms with E-state index in [9.17, 15) is 9.59 Å². The van der Waals surface area contributed by atoms with Crippen LogP contribution in [0.5, 0.6) is 0 Å². The minimum absolute atomic E-state index is 0.0339. The molecule has 0 atom stereocenters. The number of rotatable bonds is 6. The van der Waals surface area contributed by atoms with E-state index in [1.165, 1.54) is 0 Å². The van der Waals surface area contributed by atoms with E-state index in [1.54, 1.807) is 17.2 Å². The molecule has 7 nitrogen and oxygen atoms in total. The van der Waals surface area contributed by atoms with E-state index in [0.717, 1.165) is 16.9 Å². The van der Waals surface area contributed by atoms with Crippen LogP contribution in [-0.4, -0.2) is 53.5 Å². The highest BCUT2D eigenvalue weighted by Gasteiger charge is 2.27. The standard InChI is InChI=1S/C26H31N5O2/c1-6-22(29-24-18(2)28-17-21(24)25(33)26(3,4)5)19-8-7-9-20(16-19)30-12-14-31(15-13-30)23(32)10-11-27/h6-9,16-17,28H,1,10,12-15H2,2-5H3. The van der Waals surface area contributed by atoms with Gasteiger partial charge in [0.1, 0.15) is 6.42 Å². The van der Waals surface area contributed by atoms with Crippen molar-refractivity contribution in [3.63, 3.8) is 0 Å². The van der Waals surface area contributed by atoms with Crippen molar-refractivity contribution in [2.75, 3.05) is 31.1 Å². The van der Waals surface area contributed by atoms with Gasteiger partial charge in [-0.25, -0.2) is 4.99 Å². The molecule has 1 aliphatic heterocycles. The van der Waals surface area contributed by atoms with Gasteiger partial charge in [0.05, 0.1) is 23.0 Å². The van der Waals surface area contributed by atoms with Gasteiger partial charge < -0.3 is 14.8 Å². The number of hydrogen-bond donors (Lipinski definition) is 1. The molecule has 2 aromatic rings. The first-order chi connectivity index (χ1) is 15.7. The van der Waals surface area contributed by atoms with E-state index in [-0.39, 0.29) is 18.1 Å². The topological polar surface area (TPSA) is 92.6 Å². The van der Waals surface area contributed by atoms with Crippen LogP contribution >= 0.6 is 0 Å². The molecule has 1 aromatic carbocycles. The van der Waals surface area contributed by atoms with Crippen molar-refractivity contribution in [2.24, 2.45) is 10.4 Å². The molecule has 1 saturated heterocycles. The molecule has 3 rings (SSSR count). The second kappa shape index (κ2) is 9.86. The molecule has 7 heteroatoms. The molecule has 2 heterocycles. The van der Waals surface area contributed by atoms with Gasteiger partial charge >= 0.3 is 0 Å². The lowest BCUT2D eigenvalue weighted by molar-refractivity contribution is -0.130. The summed E-state index contributed by atoms with van der Waals surface area (Å²) in [6.45, 7) is 14.1. The van der Waals surface area contributed by atoms with Crippen molar-refractivity contribution < 1.29 is 9.59 Å². The predicted molar refractivity (Wildman–Crippen MR) is 131 cm³/mol. The molecule has 1 aromatic heterocycles. The lowest BCUT2D eigenvalue weighted by Gasteiger charge is -2.36. The van der Waals surface area contributed by atoms with E-state index >= 15 is 0 Å². The third-order valence-corrected chi connectivity index (χ3v) is 5.76. The Kier molecular flexibility index (Phi) is 7.17. The number of nitriles is 1. The number of nitrogens with zero attached hydrogens (tertiary/aromatic N) is 4. The molecular formula is C26H31N5O2. The molecule has 0 spiro atoms. The SMILES string of the molecule is C=CC(=Nc1c(C(=O)C(C)(C)C)c[nH]c1C)c1cccc(N2CCN(C(=O)CC#N)CC2)c1. The lowest BCUT2D eigenvalue weighted by Crippen LogP contribution is -2.48. The number of anilines is 1. The Morgan fingerprint density at radius 1 is 1.24 bits per heavy atom. The number of Topliss-reactive ketones (excluding diaryl/α,β-unsaturated/α-hetero) is 1. The molecule has 1 fully saturated rings. The number of aromatic amines is 1. The van der Waals surface area contributed by atoms with Crippen LogP contribution < -0.4 is 4.90 Å². The summed E-state index contributed by atoms with van der Waals surface area (Å²) in [4.78, 5) is 36.8. The maximum absolute atomic E-state index is 12.9. The monoisotopic (exact) mass is 445 g/mol. The lowest BCUT2D eigenvalue weighted by atomic mass is 9.87. The van der Waals surface area contributed by atoms with Crippen LogP contribution in [0.2, 0.25) is 0 Å². The van der Waals surface area contributed by atoms with Crippen LogP contribution in [0, 0.1) is 23.7 Å². The van der Waals surface area contributed by atoms with E-state index in [4.69, 9.17) is 10.3 Å². The number of nitrogens with one attached hydrogen (secondary N) is 1. The highest BCUT2D eigenvalue weighted by Crippen LogP contribution is 2.31. The van der Waals surface area contributed by atoms with Crippen molar-refractivity contribution >= 4 is 28.8 Å². The fourth-order valence-electron chi connectivity index (χ4n) is 3.84. The van der Waals surface area contributed by atoms with Gasteiger partial charge in [-0.2, -0.15) is 5.26 Å². The van der Waals surface area contributed by atoms with Gasteiger partial charge in [-0.3, -0.25) is 9.59 Å². The van der Waals surface area contributed by atoms with Gasteiger partial charge in [-0.05, 0) is 25.1 Å². The number of ketones is 1. The predicted octanol–water partition coefficient (Wildman–Crippen LogP) is 4.42. The maximum Gasteiger partial charge on any atom is 0.236 e. The number of aliphatic imine (C=N–C) groups is 1. The van der Waals surface area contributed by atoms with Gasteiger partial charge in [0.15, 0.2) is 5.78 Å². The molecule has 172 valence electrons. The minimum Gasteiger partial charge on any atom is -0.368 e. The summed E-state index contributed by atoms with van der Waals surface area (Å²) in [5.41, 5.74) is 4.16. The molecule has 0 saturated carbocycles. The summed E-state index contributed by atoms with van der Waals surface area (Å²) >= 11 is 0. The molecule has 33 heavy (non-hydrogen) atoms. The van der Waals surface area contributed by atoms with Crippen molar-refractivity contribution in [3.8, 4) is 6.07 Å². The Hall–Kier alpha value is -3.66. The zero-order valence-electron chi connectivity index (χ0n) is 19.8. The van der Waals surface area contributed by atoms with Gasteiger partial charge in [0.2, 0.25) is 5.91 Å². The van der Waals surface area contributed by atoms with Crippen LogP contribution in [0.4, 0.5) is 11.4 Å². The first-order valence-electron chi connectivity index (χ1n) is 11.1. The number of H-pyrrole nitrogens is 1. The first-order valence-corrected chi connectivity index (χ1v) is 11.1. The smallest absolute Gasteiger partial charge is 0.236 e. The van der Waals surface area contributed by atoms with Crippen molar-refractivity contribution in [1.29, 1.82) is 5.26 Å². The van der Waals surface area contributed by atoms with E-state index in [0.29, 0.717) is 43.1 Å². The van der Waals surface area contributed by atoms with Crippen LogP contribution in [0.15, 0.2) is 48.1 Å². The van der Waals surface area contributed by atoms with Gasteiger partial charge in [-0.1, -0.05) is 39.5 Å². The summed E-state index contributed by atoms with van der Waals surface area (Å²) in [6.07, 6.45) is 3.36. The van der Waals surface area contributed by atoms with Crippen LogP contribution in [-0.2, 0) is 4.79 Å². The molecule has 1 aliphatic rings. The Labute approximate surface area is 195 Å². The average molecular weight is 446 g/mol. The van der Waals surface area contributed by atoms with Crippen LogP contribution in [0.3, 0.4) is 0 Å². The number of allylic oxidation sites excluding steroid dienone is 1. The van der Waals surface area contributed by atoms with Crippen molar-refractivity contribution in [1.82, 2.24) is 9.88 Å². The summed E-state index contributed by atoms with van der Waals surface area (Å²) in [6, 6.07) is 9.97. The number of amides is 1. The van der Waals surface area contributed by atoms with Crippen molar-refractivity contribution in [3.05, 3.63) is 59.9 Å². The summed E-state index contributed by atoms with van der Waals surface area (Å²) in [7, 11) is 0. The molecule has 0 radical (unpaired) electrons. The Bertz CT molecular complexity index is 1120. The fourth-order valence-corrected chi connectivity index (χ4v) is 3.84. The Balaban J connectivity index is 1.86. The number of piperazine rings is 1. The van der Waals surface area contributed by atoms with E-state index < -0.39 is 5.41 Å². The second-order valence-electron chi connectivity index (χ2n) is 9.21.